The first-order valence-electron chi connectivity index (χ1n) is 5.75. The van der Waals surface area contributed by atoms with Crippen LogP contribution in [0.3, 0.4) is 0 Å². The van der Waals surface area contributed by atoms with Gasteiger partial charge in [-0.05, 0) is 23.6 Å². The molecular formula is C12H18Cl2N2O2S. The lowest BCUT2D eigenvalue weighted by Gasteiger charge is -2.30. The maximum atomic E-state index is 12.3. The van der Waals surface area contributed by atoms with Crippen molar-refractivity contribution in [3.63, 3.8) is 0 Å². The lowest BCUT2D eigenvalue weighted by atomic mass is 9.88. The number of sulfonamides is 1. The average Bonchev–Trinajstić information content (AvgIpc) is 2.23. The van der Waals surface area contributed by atoms with Crippen LogP contribution in [0, 0.1) is 5.41 Å². The molecule has 0 aliphatic carbocycles. The molecule has 0 heterocycles. The third kappa shape index (κ3) is 4.61. The maximum absolute atomic E-state index is 12.3. The fourth-order valence-electron chi connectivity index (χ4n) is 1.52. The van der Waals surface area contributed by atoms with E-state index in [2.05, 4.69) is 4.72 Å². The molecule has 1 atom stereocenters. The Balaban J connectivity index is 3.11. The van der Waals surface area contributed by atoms with Gasteiger partial charge in [0, 0.05) is 22.6 Å². The zero-order valence-corrected chi connectivity index (χ0v) is 13.4. The summed E-state index contributed by atoms with van der Waals surface area (Å²) in [5.41, 5.74) is 5.34. The Morgan fingerprint density at radius 2 is 1.68 bits per heavy atom. The van der Waals surface area contributed by atoms with Gasteiger partial charge in [0.2, 0.25) is 10.0 Å². The van der Waals surface area contributed by atoms with Crippen molar-refractivity contribution in [2.45, 2.75) is 31.7 Å². The van der Waals surface area contributed by atoms with Crippen molar-refractivity contribution in [1.82, 2.24) is 4.72 Å². The zero-order chi connectivity index (χ0) is 14.8. The van der Waals surface area contributed by atoms with E-state index < -0.39 is 10.0 Å². The lowest BCUT2D eigenvalue weighted by Crippen LogP contribution is -2.48. The molecule has 0 aliphatic heterocycles. The van der Waals surface area contributed by atoms with E-state index in [4.69, 9.17) is 28.9 Å². The van der Waals surface area contributed by atoms with E-state index in [1.807, 2.05) is 20.8 Å². The number of nitrogens with one attached hydrogen (secondary N) is 1. The van der Waals surface area contributed by atoms with Crippen LogP contribution in [-0.4, -0.2) is 21.0 Å². The molecule has 0 spiro atoms. The Kier molecular flexibility index (Phi) is 5.26. The van der Waals surface area contributed by atoms with Crippen molar-refractivity contribution in [3.05, 3.63) is 28.2 Å². The fraction of sp³-hybridized carbons (Fsp3) is 0.500. The first-order chi connectivity index (χ1) is 8.56. The molecule has 108 valence electrons. The van der Waals surface area contributed by atoms with Gasteiger partial charge in [-0.15, -0.1) is 0 Å². The topological polar surface area (TPSA) is 72.2 Å². The SMILES string of the molecule is CC(C)(C)C(CN)NS(=O)(=O)c1cc(Cl)cc(Cl)c1. The molecule has 0 aromatic heterocycles. The number of halogens is 2. The van der Waals surface area contributed by atoms with E-state index in [1.165, 1.54) is 18.2 Å². The Bertz CT molecular complexity index is 533. The molecule has 4 nitrogen and oxygen atoms in total. The molecule has 1 aromatic rings. The molecule has 0 saturated heterocycles. The number of hydrogen-bond acceptors (Lipinski definition) is 3. The second kappa shape index (κ2) is 5.97. The van der Waals surface area contributed by atoms with Crippen LogP contribution in [0.5, 0.6) is 0 Å². The molecule has 1 rings (SSSR count). The van der Waals surface area contributed by atoms with Gasteiger partial charge in [0.05, 0.1) is 4.90 Å². The second-order valence-electron chi connectivity index (χ2n) is 5.38. The minimum Gasteiger partial charge on any atom is -0.329 e. The highest BCUT2D eigenvalue weighted by molar-refractivity contribution is 7.89. The van der Waals surface area contributed by atoms with E-state index in [0.717, 1.165) is 0 Å². The molecule has 3 N–H and O–H groups in total. The Labute approximate surface area is 124 Å². The number of rotatable bonds is 4. The van der Waals surface area contributed by atoms with E-state index in [1.54, 1.807) is 0 Å². The maximum Gasteiger partial charge on any atom is 0.240 e. The highest BCUT2D eigenvalue weighted by Gasteiger charge is 2.28. The number of benzene rings is 1. The van der Waals surface area contributed by atoms with Crippen LogP contribution in [0.15, 0.2) is 23.1 Å². The molecule has 0 amide bonds. The quantitative estimate of drug-likeness (QED) is 0.894. The second-order valence-corrected chi connectivity index (χ2v) is 7.97. The van der Waals surface area contributed by atoms with Gasteiger partial charge in [0.15, 0.2) is 0 Å². The molecule has 7 heteroatoms. The van der Waals surface area contributed by atoms with E-state index in [0.29, 0.717) is 0 Å². The highest BCUT2D eigenvalue weighted by atomic mass is 35.5. The fourth-order valence-corrected chi connectivity index (χ4v) is 3.70. The Morgan fingerprint density at radius 1 is 1.21 bits per heavy atom. The monoisotopic (exact) mass is 324 g/mol. The van der Waals surface area contributed by atoms with Gasteiger partial charge in [0.1, 0.15) is 0 Å². The standard InChI is InChI=1S/C12H18Cl2N2O2S/c1-12(2,3)11(7-15)16-19(17,18)10-5-8(13)4-9(14)6-10/h4-6,11,16H,7,15H2,1-3H3. The predicted molar refractivity (Wildman–Crippen MR) is 79.1 cm³/mol. The van der Waals surface area contributed by atoms with Crippen LogP contribution in [-0.2, 0) is 10.0 Å². The van der Waals surface area contributed by atoms with Crippen molar-refractivity contribution < 1.29 is 8.42 Å². The number of hydrogen-bond donors (Lipinski definition) is 2. The van der Waals surface area contributed by atoms with Crippen molar-refractivity contribution in [3.8, 4) is 0 Å². The largest absolute Gasteiger partial charge is 0.329 e. The first-order valence-corrected chi connectivity index (χ1v) is 7.98. The summed E-state index contributed by atoms with van der Waals surface area (Å²) in [6.07, 6.45) is 0. The smallest absolute Gasteiger partial charge is 0.240 e. The third-order valence-corrected chi connectivity index (χ3v) is 4.61. The van der Waals surface area contributed by atoms with E-state index in [-0.39, 0.29) is 32.9 Å². The summed E-state index contributed by atoms with van der Waals surface area (Å²) < 4.78 is 27.1. The van der Waals surface area contributed by atoms with Gasteiger partial charge in [-0.25, -0.2) is 13.1 Å². The molecule has 0 aliphatic rings. The number of nitrogens with two attached hydrogens (primary N) is 1. The van der Waals surface area contributed by atoms with Crippen LogP contribution in [0.2, 0.25) is 10.0 Å². The summed E-state index contributed by atoms with van der Waals surface area (Å²) >= 11 is 11.6. The summed E-state index contributed by atoms with van der Waals surface area (Å²) in [5, 5.41) is 0.542. The molecule has 1 unspecified atom stereocenters. The lowest BCUT2D eigenvalue weighted by molar-refractivity contribution is 0.304. The van der Waals surface area contributed by atoms with Gasteiger partial charge >= 0.3 is 0 Å². The molecule has 1 aromatic carbocycles. The molecule has 19 heavy (non-hydrogen) atoms. The van der Waals surface area contributed by atoms with Crippen molar-refractivity contribution in [2.24, 2.45) is 11.1 Å². The van der Waals surface area contributed by atoms with Crippen LogP contribution >= 0.6 is 23.2 Å². The first kappa shape index (κ1) is 16.7. The van der Waals surface area contributed by atoms with Crippen LogP contribution in [0.1, 0.15) is 20.8 Å². The van der Waals surface area contributed by atoms with Crippen molar-refractivity contribution in [2.75, 3.05) is 6.54 Å². The van der Waals surface area contributed by atoms with Gasteiger partial charge < -0.3 is 5.73 Å². The van der Waals surface area contributed by atoms with Gasteiger partial charge in [-0.1, -0.05) is 44.0 Å². The highest BCUT2D eigenvalue weighted by Crippen LogP contribution is 2.24. The molecule has 0 radical (unpaired) electrons. The summed E-state index contributed by atoms with van der Waals surface area (Å²) in [6.45, 7) is 5.95. The summed E-state index contributed by atoms with van der Waals surface area (Å²) in [7, 11) is -3.70. The van der Waals surface area contributed by atoms with Crippen LogP contribution in [0.4, 0.5) is 0 Å². The summed E-state index contributed by atoms with van der Waals surface area (Å²) in [5.74, 6) is 0. The van der Waals surface area contributed by atoms with Crippen molar-refractivity contribution in [1.29, 1.82) is 0 Å². The van der Waals surface area contributed by atoms with E-state index in [9.17, 15) is 8.42 Å². The Hall–Kier alpha value is -0.330. The molecule has 0 bridgehead atoms. The van der Waals surface area contributed by atoms with Crippen LogP contribution < -0.4 is 10.5 Å². The zero-order valence-electron chi connectivity index (χ0n) is 11.1. The minimum atomic E-state index is -3.70. The predicted octanol–water partition coefficient (Wildman–Crippen LogP) is 2.65. The van der Waals surface area contributed by atoms with E-state index >= 15 is 0 Å². The molecule has 0 saturated carbocycles. The van der Waals surface area contributed by atoms with Crippen molar-refractivity contribution >= 4 is 33.2 Å². The normalized spacial score (nSPS) is 14.4. The van der Waals surface area contributed by atoms with Gasteiger partial charge in [-0.2, -0.15) is 0 Å². The summed E-state index contributed by atoms with van der Waals surface area (Å²) in [4.78, 5) is 0.0349. The minimum absolute atomic E-state index is 0.0349. The summed E-state index contributed by atoms with van der Waals surface area (Å²) in [6, 6.07) is 3.81. The Morgan fingerprint density at radius 3 is 2.05 bits per heavy atom. The van der Waals surface area contributed by atoms with Crippen LogP contribution in [0.25, 0.3) is 0 Å². The molecule has 0 fully saturated rings. The van der Waals surface area contributed by atoms with Gasteiger partial charge in [0.25, 0.3) is 0 Å². The molecular weight excluding hydrogens is 307 g/mol. The average molecular weight is 325 g/mol. The van der Waals surface area contributed by atoms with Gasteiger partial charge in [-0.3, -0.25) is 0 Å². The third-order valence-electron chi connectivity index (χ3n) is 2.72.